The summed E-state index contributed by atoms with van der Waals surface area (Å²) in [7, 11) is 1.83. The SMILES string of the molecule is CC1Oc2c(C(=O)N(C)CC3CC(O)C3)cccc2C1C. The molecule has 1 aliphatic carbocycles. The highest BCUT2D eigenvalue weighted by Gasteiger charge is 2.33. The fourth-order valence-electron chi connectivity index (χ4n) is 3.28. The lowest BCUT2D eigenvalue weighted by Gasteiger charge is -2.34. The number of benzene rings is 1. The number of fused-ring (bicyclic) bond motifs is 1. The van der Waals surface area contributed by atoms with Crippen LogP contribution in [0.25, 0.3) is 0 Å². The maximum absolute atomic E-state index is 12.7. The van der Waals surface area contributed by atoms with E-state index in [9.17, 15) is 9.90 Å². The minimum atomic E-state index is -0.176. The van der Waals surface area contributed by atoms with Crippen molar-refractivity contribution in [3.05, 3.63) is 29.3 Å². The normalized spacial score (nSPS) is 30.3. The smallest absolute Gasteiger partial charge is 0.257 e. The van der Waals surface area contributed by atoms with Gasteiger partial charge in [0.2, 0.25) is 0 Å². The van der Waals surface area contributed by atoms with Crippen LogP contribution in [0.5, 0.6) is 5.75 Å². The topological polar surface area (TPSA) is 49.8 Å². The summed E-state index contributed by atoms with van der Waals surface area (Å²) < 4.78 is 5.90. The molecule has 0 bridgehead atoms. The van der Waals surface area contributed by atoms with Crippen molar-refractivity contribution < 1.29 is 14.6 Å². The third kappa shape index (κ3) is 2.53. The van der Waals surface area contributed by atoms with Crippen LogP contribution in [0.15, 0.2) is 18.2 Å². The Hall–Kier alpha value is -1.55. The molecule has 1 aliphatic heterocycles. The van der Waals surface area contributed by atoms with Gasteiger partial charge in [-0.25, -0.2) is 0 Å². The summed E-state index contributed by atoms with van der Waals surface area (Å²) in [6.07, 6.45) is 1.54. The fraction of sp³-hybridized carbons (Fsp3) is 0.588. The molecule has 1 N–H and O–H groups in total. The van der Waals surface area contributed by atoms with E-state index in [0.29, 0.717) is 23.9 Å². The van der Waals surface area contributed by atoms with Gasteiger partial charge < -0.3 is 14.7 Å². The van der Waals surface area contributed by atoms with Crippen molar-refractivity contribution in [2.45, 2.75) is 44.8 Å². The van der Waals surface area contributed by atoms with Crippen LogP contribution >= 0.6 is 0 Å². The molecule has 114 valence electrons. The summed E-state index contributed by atoms with van der Waals surface area (Å²) in [5.41, 5.74) is 1.78. The number of hydrogen-bond acceptors (Lipinski definition) is 3. The second-order valence-corrected chi connectivity index (χ2v) is 6.51. The van der Waals surface area contributed by atoms with Crippen molar-refractivity contribution in [1.29, 1.82) is 0 Å². The van der Waals surface area contributed by atoms with E-state index < -0.39 is 0 Å². The van der Waals surface area contributed by atoms with Crippen molar-refractivity contribution in [3.63, 3.8) is 0 Å². The molecular formula is C17H23NO3. The molecule has 1 aromatic rings. The van der Waals surface area contributed by atoms with Crippen LogP contribution in [0.2, 0.25) is 0 Å². The predicted molar refractivity (Wildman–Crippen MR) is 80.6 cm³/mol. The lowest BCUT2D eigenvalue weighted by molar-refractivity contribution is 0.0264. The van der Waals surface area contributed by atoms with Crippen molar-refractivity contribution in [2.75, 3.05) is 13.6 Å². The highest BCUT2D eigenvalue weighted by Crippen LogP contribution is 2.40. The third-order valence-electron chi connectivity index (χ3n) is 4.86. The minimum Gasteiger partial charge on any atom is -0.489 e. The second kappa shape index (κ2) is 5.34. The molecule has 1 fully saturated rings. The lowest BCUT2D eigenvalue weighted by atomic mass is 9.82. The predicted octanol–water partition coefficient (Wildman–Crippen LogP) is 2.41. The lowest BCUT2D eigenvalue weighted by Crippen LogP contribution is -2.39. The molecule has 0 saturated heterocycles. The molecule has 1 amide bonds. The van der Waals surface area contributed by atoms with Gasteiger partial charge in [0.25, 0.3) is 5.91 Å². The molecule has 4 heteroatoms. The van der Waals surface area contributed by atoms with E-state index in [1.165, 1.54) is 0 Å². The number of aliphatic hydroxyl groups is 1. The molecule has 0 aromatic heterocycles. The number of para-hydroxylation sites is 1. The fourth-order valence-corrected chi connectivity index (χ4v) is 3.28. The first-order chi connectivity index (χ1) is 9.97. The van der Waals surface area contributed by atoms with Crippen LogP contribution in [0, 0.1) is 5.92 Å². The first kappa shape index (κ1) is 14.4. The quantitative estimate of drug-likeness (QED) is 0.929. The highest BCUT2D eigenvalue weighted by molar-refractivity contribution is 5.97. The molecule has 0 radical (unpaired) electrons. The molecule has 1 saturated carbocycles. The number of carbonyl (C=O) groups excluding carboxylic acids is 1. The summed E-state index contributed by atoms with van der Waals surface area (Å²) in [4.78, 5) is 14.4. The van der Waals surface area contributed by atoms with E-state index in [4.69, 9.17) is 4.74 Å². The largest absolute Gasteiger partial charge is 0.489 e. The molecule has 4 nitrogen and oxygen atoms in total. The van der Waals surface area contributed by atoms with Crippen LogP contribution < -0.4 is 4.74 Å². The van der Waals surface area contributed by atoms with E-state index >= 15 is 0 Å². The molecule has 2 aliphatic rings. The summed E-state index contributed by atoms with van der Waals surface area (Å²) in [5.74, 6) is 1.50. The van der Waals surface area contributed by atoms with Gasteiger partial charge in [-0.05, 0) is 31.7 Å². The maximum Gasteiger partial charge on any atom is 0.257 e. The van der Waals surface area contributed by atoms with Crippen LogP contribution in [0.1, 0.15) is 48.5 Å². The van der Waals surface area contributed by atoms with Gasteiger partial charge in [0.05, 0.1) is 11.7 Å². The first-order valence-corrected chi connectivity index (χ1v) is 7.70. The summed E-state index contributed by atoms with van der Waals surface area (Å²) in [6.45, 7) is 4.87. The Morgan fingerprint density at radius 1 is 1.38 bits per heavy atom. The number of aliphatic hydroxyl groups excluding tert-OH is 1. The van der Waals surface area contributed by atoms with Crippen LogP contribution in [0.4, 0.5) is 0 Å². The Morgan fingerprint density at radius 2 is 2.10 bits per heavy atom. The third-order valence-corrected chi connectivity index (χ3v) is 4.86. The van der Waals surface area contributed by atoms with Crippen molar-refractivity contribution in [3.8, 4) is 5.75 Å². The zero-order chi connectivity index (χ0) is 15.1. The van der Waals surface area contributed by atoms with Gasteiger partial charge in [-0.3, -0.25) is 4.79 Å². The number of rotatable bonds is 3. The second-order valence-electron chi connectivity index (χ2n) is 6.51. The molecule has 1 aromatic carbocycles. The Morgan fingerprint density at radius 3 is 2.76 bits per heavy atom. The van der Waals surface area contributed by atoms with E-state index in [1.54, 1.807) is 4.90 Å². The van der Waals surface area contributed by atoms with Crippen molar-refractivity contribution >= 4 is 5.91 Å². The molecule has 2 atom stereocenters. The van der Waals surface area contributed by atoms with Gasteiger partial charge >= 0.3 is 0 Å². The van der Waals surface area contributed by atoms with E-state index in [2.05, 4.69) is 6.92 Å². The number of carbonyl (C=O) groups is 1. The van der Waals surface area contributed by atoms with Gasteiger partial charge in [-0.15, -0.1) is 0 Å². The Bertz CT molecular complexity index is 551. The highest BCUT2D eigenvalue weighted by atomic mass is 16.5. The summed E-state index contributed by atoms with van der Waals surface area (Å²) in [5, 5.41) is 9.35. The number of nitrogens with zero attached hydrogens (tertiary/aromatic N) is 1. The molecule has 0 spiro atoms. The minimum absolute atomic E-state index is 0.00883. The van der Waals surface area contributed by atoms with Gasteiger partial charge in [0.15, 0.2) is 0 Å². The van der Waals surface area contributed by atoms with Crippen molar-refractivity contribution in [2.24, 2.45) is 5.92 Å². The van der Waals surface area contributed by atoms with E-state index in [0.717, 1.165) is 24.2 Å². The van der Waals surface area contributed by atoms with Crippen LogP contribution in [0.3, 0.4) is 0 Å². The number of amides is 1. The molecule has 2 unspecified atom stereocenters. The van der Waals surface area contributed by atoms with Crippen LogP contribution in [-0.2, 0) is 0 Å². The van der Waals surface area contributed by atoms with Gasteiger partial charge in [-0.2, -0.15) is 0 Å². The van der Waals surface area contributed by atoms with Gasteiger partial charge in [0, 0.05) is 25.1 Å². The zero-order valence-electron chi connectivity index (χ0n) is 12.9. The van der Waals surface area contributed by atoms with E-state index in [-0.39, 0.29) is 18.1 Å². The van der Waals surface area contributed by atoms with Crippen molar-refractivity contribution in [1.82, 2.24) is 4.90 Å². The maximum atomic E-state index is 12.7. The monoisotopic (exact) mass is 289 g/mol. The average Bonchev–Trinajstić information content (AvgIpc) is 2.72. The molecule has 1 heterocycles. The van der Waals surface area contributed by atoms with Crippen LogP contribution in [-0.4, -0.2) is 41.7 Å². The number of hydrogen-bond donors (Lipinski definition) is 1. The van der Waals surface area contributed by atoms with Gasteiger partial charge in [-0.1, -0.05) is 19.1 Å². The molecular weight excluding hydrogens is 266 g/mol. The molecule has 3 rings (SSSR count). The Balaban J connectivity index is 1.76. The Kier molecular flexibility index (Phi) is 3.66. The summed E-state index contributed by atoms with van der Waals surface area (Å²) in [6, 6.07) is 5.82. The zero-order valence-corrected chi connectivity index (χ0v) is 12.9. The summed E-state index contributed by atoms with van der Waals surface area (Å²) >= 11 is 0. The van der Waals surface area contributed by atoms with Gasteiger partial charge in [0.1, 0.15) is 11.9 Å². The van der Waals surface area contributed by atoms with E-state index in [1.807, 2.05) is 32.2 Å². The number of ether oxygens (including phenoxy) is 1. The first-order valence-electron chi connectivity index (χ1n) is 7.70. The Labute approximate surface area is 125 Å². The average molecular weight is 289 g/mol. The standard InChI is InChI=1S/C17H23NO3/c1-10-11(2)21-16-14(10)5-4-6-15(16)17(20)18(3)9-12-7-13(19)8-12/h4-6,10-13,19H,7-9H2,1-3H3. The molecule has 21 heavy (non-hydrogen) atoms.